The largest absolute Gasteiger partial charge is 0.280 e. The van der Waals surface area contributed by atoms with Crippen LogP contribution in [0.4, 0.5) is 22.0 Å². The van der Waals surface area contributed by atoms with E-state index in [2.05, 4.69) is 5.10 Å². The molecule has 0 bridgehead atoms. The maximum Gasteiger partial charge on any atom is 0.280 e. The summed E-state index contributed by atoms with van der Waals surface area (Å²) in [5.74, 6) is -4.19. The van der Waals surface area contributed by atoms with E-state index in [1.807, 2.05) is 0 Å². The molecular formula is C8H3F5N2. The maximum atomic E-state index is 13.1. The van der Waals surface area contributed by atoms with Crippen LogP contribution in [0.15, 0.2) is 6.07 Å². The van der Waals surface area contributed by atoms with Gasteiger partial charge in [0.25, 0.3) is 6.43 Å². The first-order valence-corrected chi connectivity index (χ1v) is 3.82. The molecule has 0 fully saturated rings. The van der Waals surface area contributed by atoms with Crippen LogP contribution in [0.1, 0.15) is 12.1 Å². The molecule has 0 aliphatic rings. The summed E-state index contributed by atoms with van der Waals surface area (Å²) in [6.45, 7) is 0. The minimum atomic E-state index is -3.03. The summed E-state index contributed by atoms with van der Waals surface area (Å²) in [5.41, 5.74) is -1.62. The van der Waals surface area contributed by atoms with Crippen LogP contribution in [0.25, 0.3) is 10.9 Å². The Labute approximate surface area is 79.7 Å². The molecule has 0 radical (unpaired) electrons. The van der Waals surface area contributed by atoms with E-state index < -0.39 is 40.5 Å². The standard InChI is InChI=1S/C8H3F5N2/c9-2-1-3(10)5(11)6-4(2)7(8(12)13)15-14-6/h1,8H,(H,14,15). The Balaban J connectivity index is 2.87. The van der Waals surface area contributed by atoms with Gasteiger partial charge in [-0.1, -0.05) is 0 Å². The summed E-state index contributed by atoms with van der Waals surface area (Å²) in [6, 6.07) is 0.207. The predicted octanol–water partition coefficient (Wildman–Crippen LogP) is 2.92. The van der Waals surface area contributed by atoms with E-state index >= 15 is 0 Å². The molecule has 0 saturated carbocycles. The Morgan fingerprint density at radius 1 is 1.13 bits per heavy atom. The van der Waals surface area contributed by atoms with E-state index in [0.717, 1.165) is 0 Å². The molecule has 0 atom stereocenters. The number of halogens is 5. The molecule has 2 aromatic rings. The normalized spacial score (nSPS) is 11.6. The number of nitrogens with one attached hydrogen (secondary N) is 1. The second-order valence-electron chi connectivity index (χ2n) is 2.82. The van der Waals surface area contributed by atoms with Gasteiger partial charge in [-0.15, -0.1) is 0 Å². The molecule has 0 spiro atoms. The highest BCUT2D eigenvalue weighted by Crippen LogP contribution is 2.29. The number of nitrogens with zero attached hydrogens (tertiary/aromatic N) is 1. The molecule has 2 nitrogen and oxygen atoms in total. The molecule has 2 rings (SSSR count). The maximum absolute atomic E-state index is 13.1. The number of aromatic nitrogens is 2. The molecule has 1 aromatic carbocycles. The summed E-state index contributed by atoms with van der Waals surface area (Å²) in [7, 11) is 0. The summed E-state index contributed by atoms with van der Waals surface area (Å²) >= 11 is 0. The van der Waals surface area contributed by atoms with Crippen molar-refractivity contribution in [2.45, 2.75) is 6.43 Å². The van der Waals surface area contributed by atoms with Gasteiger partial charge in [0.2, 0.25) is 0 Å². The Hall–Kier alpha value is -1.66. The molecule has 0 saturated heterocycles. The van der Waals surface area contributed by atoms with Gasteiger partial charge < -0.3 is 0 Å². The summed E-state index contributed by atoms with van der Waals surface area (Å²) in [6.07, 6.45) is -3.03. The minimum absolute atomic E-state index is 0.207. The van der Waals surface area contributed by atoms with E-state index in [0.29, 0.717) is 0 Å². The molecule has 0 unspecified atom stereocenters. The molecular weight excluding hydrogens is 219 g/mol. The van der Waals surface area contributed by atoms with Crippen LogP contribution in [-0.4, -0.2) is 10.2 Å². The van der Waals surface area contributed by atoms with E-state index in [9.17, 15) is 22.0 Å². The zero-order chi connectivity index (χ0) is 11.2. The lowest BCUT2D eigenvalue weighted by molar-refractivity contribution is 0.147. The van der Waals surface area contributed by atoms with Crippen LogP contribution in [-0.2, 0) is 0 Å². The van der Waals surface area contributed by atoms with E-state index in [1.165, 1.54) is 0 Å². The SMILES string of the molecule is Fc1cc(F)c2c(C(F)F)[nH]nc2c1F. The fraction of sp³-hybridized carbons (Fsp3) is 0.125. The molecule has 80 valence electrons. The fourth-order valence-electron chi connectivity index (χ4n) is 1.27. The topological polar surface area (TPSA) is 28.7 Å². The molecule has 1 aromatic heterocycles. The molecule has 0 amide bonds. The number of fused-ring (bicyclic) bond motifs is 1. The number of aromatic amines is 1. The van der Waals surface area contributed by atoms with Crippen molar-refractivity contribution in [3.05, 3.63) is 29.2 Å². The highest BCUT2D eigenvalue weighted by atomic mass is 19.3. The van der Waals surface area contributed by atoms with E-state index in [1.54, 1.807) is 5.10 Å². The van der Waals surface area contributed by atoms with Crippen LogP contribution in [0.2, 0.25) is 0 Å². The average molecular weight is 222 g/mol. The molecule has 1 heterocycles. The first kappa shape index (κ1) is 9.88. The number of alkyl halides is 2. The van der Waals surface area contributed by atoms with Gasteiger partial charge in [-0.2, -0.15) is 5.10 Å². The lowest BCUT2D eigenvalue weighted by Gasteiger charge is -1.98. The van der Waals surface area contributed by atoms with E-state index in [4.69, 9.17) is 0 Å². The van der Waals surface area contributed by atoms with Crippen LogP contribution >= 0.6 is 0 Å². The Bertz CT molecular complexity index is 519. The van der Waals surface area contributed by atoms with Crippen molar-refractivity contribution in [2.24, 2.45) is 0 Å². The minimum Gasteiger partial charge on any atom is -0.275 e. The fourth-order valence-corrected chi connectivity index (χ4v) is 1.27. The van der Waals surface area contributed by atoms with Crippen molar-refractivity contribution < 1.29 is 22.0 Å². The zero-order valence-electron chi connectivity index (χ0n) is 6.99. The monoisotopic (exact) mass is 222 g/mol. The van der Waals surface area contributed by atoms with Crippen molar-refractivity contribution in [3.63, 3.8) is 0 Å². The summed E-state index contributed by atoms with van der Waals surface area (Å²) in [5, 5.41) is 4.16. The molecule has 7 heteroatoms. The second-order valence-corrected chi connectivity index (χ2v) is 2.82. The van der Waals surface area contributed by atoms with Crippen molar-refractivity contribution in [1.82, 2.24) is 10.2 Å². The van der Waals surface area contributed by atoms with Crippen molar-refractivity contribution in [2.75, 3.05) is 0 Å². The third kappa shape index (κ3) is 1.34. The van der Waals surface area contributed by atoms with Gasteiger partial charge in [0.05, 0.1) is 5.39 Å². The van der Waals surface area contributed by atoms with Gasteiger partial charge in [0.15, 0.2) is 11.6 Å². The molecule has 15 heavy (non-hydrogen) atoms. The summed E-state index contributed by atoms with van der Waals surface area (Å²) in [4.78, 5) is 0. The third-order valence-electron chi connectivity index (χ3n) is 1.92. The molecule has 1 N–H and O–H groups in total. The highest BCUT2D eigenvalue weighted by molar-refractivity contribution is 5.82. The first-order valence-electron chi connectivity index (χ1n) is 3.82. The number of hydrogen-bond acceptors (Lipinski definition) is 1. The Morgan fingerprint density at radius 3 is 2.40 bits per heavy atom. The zero-order valence-corrected chi connectivity index (χ0v) is 6.99. The smallest absolute Gasteiger partial charge is 0.275 e. The van der Waals surface area contributed by atoms with Gasteiger partial charge >= 0.3 is 0 Å². The van der Waals surface area contributed by atoms with Gasteiger partial charge in [-0.3, -0.25) is 5.10 Å². The van der Waals surface area contributed by atoms with Crippen LogP contribution < -0.4 is 0 Å². The number of hydrogen-bond donors (Lipinski definition) is 1. The van der Waals surface area contributed by atoms with Crippen LogP contribution in [0.5, 0.6) is 0 Å². The van der Waals surface area contributed by atoms with Crippen LogP contribution in [0, 0.1) is 17.5 Å². The highest BCUT2D eigenvalue weighted by Gasteiger charge is 2.22. The Morgan fingerprint density at radius 2 is 1.80 bits per heavy atom. The van der Waals surface area contributed by atoms with Gasteiger partial charge in [-0.25, -0.2) is 22.0 Å². The average Bonchev–Trinajstić information content (AvgIpc) is 2.58. The lowest BCUT2D eigenvalue weighted by atomic mass is 10.2. The molecule has 0 aliphatic carbocycles. The number of H-pyrrole nitrogens is 1. The molecule has 0 aliphatic heterocycles. The lowest BCUT2D eigenvalue weighted by Crippen LogP contribution is -1.91. The second kappa shape index (κ2) is 3.18. The number of rotatable bonds is 1. The van der Waals surface area contributed by atoms with E-state index in [-0.39, 0.29) is 6.07 Å². The summed E-state index contributed by atoms with van der Waals surface area (Å²) < 4.78 is 63.3. The van der Waals surface area contributed by atoms with Gasteiger partial charge in [0.1, 0.15) is 17.0 Å². The van der Waals surface area contributed by atoms with Crippen molar-refractivity contribution in [3.8, 4) is 0 Å². The Kier molecular flexibility index (Phi) is 2.09. The van der Waals surface area contributed by atoms with Gasteiger partial charge in [-0.05, 0) is 0 Å². The first-order chi connectivity index (χ1) is 7.02. The van der Waals surface area contributed by atoms with Crippen molar-refractivity contribution in [1.29, 1.82) is 0 Å². The van der Waals surface area contributed by atoms with Crippen molar-refractivity contribution >= 4 is 10.9 Å². The van der Waals surface area contributed by atoms with Crippen LogP contribution in [0.3, 0.4) is 0 Å². The van der Waals surface area contributed by atoms with Gasteiger partial charge in [0, 0.05) is 6.07 Å². The third-order valence-corrected chi connectivity index (χ3v) is 1.92. The number of benzene rings is 1. The quantitative estimate of drug-likeness (QED) is 0.583. The predicted molar refractivity (Wildman–Crippen MR) is 40.9 cm³/mol.